The van der Waals surface area contributed by atoms with E-state index in [1.807, 2.05) is 18.2 Å². The molecule has 3 aromatic carbocycles. The SMILES string of the molecule is COc1ccc(-c2[nH]c(-c3ccccc3)cc2Cc2ccccc2)cc1.O=c1[nH]cco1. The van der Waals surface area contributed by atoms with Crippen molar-refractivity contribution >= 4 is 0 Å². The van der Waals surface area contributed by atoms with Gasteiger partial charge in [0.2, 0.25) is 0 Å². The quantitative estimate of drug-likeness (QED) is 0.368. The third kappa shape index (κ3) is 5.26. The molecule has 160 valence electrons. The molecule has 5 heteroatoms. The van der Waals surface area contributed by atoms with Gasteiger partial charge in [0.15, 0.2) is 0 Å². The van der Waals surface area contributed by atoms with E-state index in [1.54, 1.807) is 7.11 Å². The van der Waals surface area contributed by atoms with E-state index < -0.39 is 5.76 Å². The molecule has 0 bridgehead atoms. The van der Waals surface area contributed by atoms with Gasteiger partial charge in [0, 0.05) is 17.6 Å². The molecule has 0 spiro atoms. The number of hydrogen-bond acceptors (Lipinski definition) is 3. The molecule has 32 heavy (non-hydrogen) atoms. The molecule has 0 saturated carbocycles. The third-order valence-corrected chi connectivity index (χ3v) is 5.04. The molecular formula is C27H24N2O3. The van der Waals surface area contributed by atoms with Crippen molar-refractivity contribution in [3.8, 4) is 28.3 Å². The molecule has 0 fully saturated rings. The second-order valence-electron chi connectivity index (χ2n) is 7.19. The number of H-pyrrole nitrogens is 2. The first-order valence-corrected chi connectivity index (χ1v) is 10.3. The molecule has 0 aliphatic carbocycles. The van der Waals surface area contributed by atoms with Crippen molar-refractivity contribution in [2.75, 3.05) is 7.11 Å². The second kappa shape index (κ2) is 10.2. The Morgan fingerprint density at radius 3 is 2.09 bits per heavy atom. The number of ether oxygens (including phenoxy) is 1. The van der Waals surface area contributed by atoms with E-state index >= 15 is 0 Å². The van der Waals surface area contributed by atoms with Gasteiger partial charge in [-0.1, -0.05) is 60.7 Å². The first-order chi connectivity index (χ1) is 15.7. The van der Waals surface area contributed by atoms with Gasteiger partial charge in [-0.05, 0) is 59.0 Å². The lowest BCUT2D eigenvalue weighted by Crippen LogP contribution is -1.91. The zero-order valence-corrected chi connectivity index (χ0v) is 17.7. The number of aromatic amines is 2. The Balaban J connectivity index is 0.000000354. The topological polar surface area (TPSA) is 71.0 Å². The summed E-state index contributed by atoms with van der Waals surface area (Å²) < 4.78 is 9.52. The highest BCUT2D eigenvalue weighted by Crippen LogP contribution is 2.31. The summed E-state index contributed by atoms with van der Waals surface area (Å²) in [6.45, 7) is 0. The monoisotopic (exact) mass is 424 g/mol. The van der Waals surface area contributed by atoms with Gasteiger partial charge in [-0.15, -0.1) is 0 Å². The predicted molar refractivity (Wildman–Crippen MR) is 127 cm³/mol. The fraction of sp³-hybridized carbons (Fsp3) is 0.0741. The first kappa shape index (κ1) is 21.0. The number of oxazole rings is 1. The Hall–Kier alpha value is -4.25. The van der Waals surface area contributed by atoms with Crippen LogP contribution in [-0.4, -0.2) is 17.1 Å². The van der Waals surface area contributed by atoms with Crippen LogP contribution < -0.4 is 10.5 Å². The van der Waals surface area contributed by atoms with Gasteiger partial charge in [-0.2, -0.15) is 0 Å². The van der Waals surface area contributed by atoms with E-state index in [9.17, 15) is 4.79 Å². The van der Waals surface area contributed by atoms with E-state index in [0.717, 1.165) is 23.6 Å². The molecule has 0 atom stereocenters. The van der Waals surface area contributed by atoms with Crippen LogP contribution >= 0.6 is 0 Å². The molecule has 0 unspecified atom stereocenters. The maximum absolute atomic E-state index is 9.85. The van der Waals surface area contributed by atoms with Crippen LogP contribution in [0.2, 0.25) is 0 Å². The van der Waals surface area contributed by atoms with Crippen LogP contribution in [0.5, 0.6) is 5.75 Å². The lowest BCUT2D eigenvalue weighted by Gasteiger charge is -2.06. The molecule has 5 aromatic rings. The zero-order chi connectivity index (χ0) is 22.2. The van der Waals surface area contributed by atoms with Crippen molar-refractivity contribution in [1.82, 2.24) is 9.97 Å². The van der Waals surface area contributed by atoms with Crippen LogP contribution in [0.1, 0.15) is 11.1 Å². The maximum atomic E-state index is 9.85. The van der Waals surface area contributed by atoms with E-state index in [1.165, 1.54) is 34.7 Å². The number of benzene rings is 3. The number of hydrogen-bond donors (Lipinski definition) is 2. The predicted octanol–water partition coefficient (Wildman–Crippen LogP) is 5.92. The summed E-state index contributed by atoms with van der Waals surface area (Å²) in [7, 11) is 1.69. The Labute approximate surface area is 186 Å². The van der Waals surface area contributed by atoms with Gasteiger partial charge >= 0.3 is 5.76 Å². The Morgan fingerprint density at radius 2 is 1.53 bits per heavy atom. The molecule has 0 saturated heterocycles. The van der Waals surface area contributed by atoms with Crippen molar-refractivity contribution in [1.29, 1.82) is 0 Å². The molecule has 5 rings (SSSR count). The number of methoxy groups -OCH3 is 1. The molecule has 2 N–H and O–H groups in total. The van der Waals surface area contributed by atoms with E-state index in [2.05, 4.69) is 87.2 Å². The Morgan fingerprint density at radius 1 is 0.844 bits per heavy atom. The van der Waals surface area contributed by atoms with E-state index in [0.29, 0.717) is 0 Å². The molecule has 5 nitrogen and oxygen atoms in total. The lowest BCUT2D eigenvalue weighted by atomic mass is 10.0. The molecule has 2 heterocycles. The standard InChI is InChI=1S/C24H21NO.C3H3NO2/c1-26-22-14-12-20(13-15-22)24-21(16-18-8-4-2-5-9-18)17-23(25-24)19-10-6-3-7-11-19;5-3-4-1-2-6-3/h2-15,17,25H,16H2,1H3;1-2H,(H,4,5). The molecule has 0 aliphatic heterocycles. The fourth-order valence-electron chi connectivity index (χ4n) is 3.47. The number of aromatic nitrogens is 2. The third-order valence-electron chi connectivity index (χ3n) is 5.04. The van der Waals surface area contributed by atoms with Crippen molar-refractivity contribution in [2.24, 2.45) is 0 Å². The van der Waals surface area contributed by atoms with Gasteiger partial charge in [0.25, 0.3) is 0 Å². The Bertz CT molecular complexity index is 1270. The van der Waals surface area contributed by atoms with Gasteiger partial charge in [0.1, 0.15) is 12.0 Å². The molecule has 0 amide bonds. The summed E-state index contributed by atoms with van der Waals surface area (Å²) in [6.07, 6.45) is 3.62. The van der Waals surface area contributed by atoms with Crippen LogP contribution in [0.15, 0.2) is 113 Å². The maximum Gasteiger partial charge on any atom is 0.416 e. The summed E-state index contributed by atoms with van der Waals surface area (Å²) >= 11 is 0. The molecule has 2 aromatic heterocycles. The Kier molecular flexibility index (Phi) is 6.68. The fourth-order valence-corrected chi connectivity index (χ4v) is 3.47. The molecule has 0 aliphatic rings. The molecular weight excluding hydrogens is 400 g/mol. The second-order valence-corrected chi connectivity index (χ2v) is 7.19. The number of nitrogens with one attached hydrogen (secondary N) is 2. The smallest absolute Gasteiger partial charge is 0.416 e. The lowest BCUT2D eigenvalue weighted by molar-refractivity contribution is 0.415. The van der Waals surface area contributed by atoms with Crippen molar-refractivity contribution in [3.05, 3.63) is 125 Å². The van der Waals surface area contributed by atoms with Crippen LogP contribution in [0.25, 0.3) is 22.5 Å². The van der Waals surface area contributed by atoms with E-state index in [4.69, 9.17) is 4.74 Å². The van der Waals surface area contributed by atoms with Gasteiger partial charge in [-0.3, -0.25) is 4.98 Å². The van der Waals surface area contributed by atoms with Crippen LogP contribution in [0.4, 0.5) is 0 Å². The highest BCUT2D eigenvalue weighted by atomic mass is 16.5. The minimum atomic E-state index is -0.407. The average molecular weight is 425 g/mol. The summed E-state index contributed by atoms with van der Waals surface area (Å²) in [4.78, 5) is 15.8. The highest BCUT2D eigenvalue weighted by Gasteiger charge is 2.12. The minimum absolute atomic E-state index is 0.407. The number of rotatable bonds is 5. The van der Waals surface area contributed by atoms with Gasteiger partial charge in [0.05, 0.1) is 7.11 Å². The average Bonchev–Trinajstić information content (AvgIpc) is 3.50. The van der Waals surface area contributed by atoms with E-state index in [-0.39, 0.29) is 0 Å². The molecule has 0 radical (unpaired) electrons. The normalized spacial score (nSPS) is 10.3. The van der Waals surface area contributed by atoms with Gasteiger partial charge in [-0.25, -0.2) is 4.79 Å². The van der Waals surface area contributed by atoms with Crippen LogP contribution in [0, 0.1) is 0 Å². The zero-order valence-electron chi connectivity index (χ0n) is 17.7. The minimum Gasteiger partial charge on any atom is -0.497 e. The van der Waals surface area contributed by atoms with Crippen LogP contribution in [0.3, 0.4) is 0 Å². The van der Waals surface area contributed by atoms with Crippen molar-refractivity contribution in [3.63, 3.8) is 0 Å². The summed E-state index contributed by atoms with van der Waals surface area (Å²) in [5.74, 6) is 0.461. The first-order valence-electron chi connectivity index (χ1n) is 10.3. The summed E-state index contributed by atoms with van der Waals surface area (Å²) in [5.41, 5.74) is 7.26. The van der Waals surface area contributed by atoms with Gasteiger partial charge < -0.3 is 14.1 Å². The van der Waals surface area contributed by atoms with Crippen molar-refractivity contribution in [2.45, 2.75) is 6.42 Å². The largest absolute Gasteiger partial charge is 0.497 e. The highest BCUT2D eigenvalue weighted by molar-refractivity contribution is 5.72. The van der Waals surface area contributed by atoms with Crippen LogP contribution in [-0.2, 0) is 6.42 Å². The van der Waals surface area contributed by atoms with Crippen molar-refractivity contribution < 1.29 is 9.15 Å². The summed E-state index contributed by atoms with van der Waals surface area (Å²) in [5, 5.41) is 0. The summed E-state index contributed by atoms with van der Waals surface area (Å²) in [6, 6.07) is 31.5.